The number of aromatic amines is 1. The van der Waals surface area contributed by atoms with Gasteiger partial charge in [0.25, 0.3) is 0 Å². The Hall–Kier alpha value is -13.4. The van der Waals surface area contributed by atoms with E-state index in [1.54, 1.807) is 100 Å². The van der Waals surface area contributed by atoms with Crippen LogP contribution in [0.3, 0.4) is 0 Å². The second-order valence-electron chi connectivity index (χ2n) is 46.8. The van der Waals surface area contributed by atoms with Crippen LogP contribution in [0.5, 0.6) is 5.75 Å². The van der Waals surface area contributed by atoms with E-state index in [9.17, 15) is 72.8 Å². The van der Waals surface area contributed by atoms with Gasteiger partial charge in [0.15, 0.2) is 40.4 Å². The number of pyridine rings is 1. The Labute approximate surface area is 852 Å². The quantitative estimate of drug-likeness (QED) is 0.0236. The zero-order valence-electron chi connectivity index (χ0n) is 90.8. The molecule has 1 atom stereocenters. The molecule has 5 heterocycles. The molecule has 4 aromatic heterocycles. The zero-order chi connectivity index (χ0) is 109. The number of carbonyl (C=O) groups excluding carboxylic acids is 11. The number of carbonyl (C=O) groups is 12. The summed E-state index contributed by atoms with van der Waals surface area (Å²) in [6, 6.07) is 48.4. The Balaban J connectivity index is 0.000000248. The zero-order valence-corrected chi connectivity index (χ0v) is 90.8. The molecule has 0 bridgehead atoms. The van der Waals surface area contributed by atoms with E-state index in [0.29, 0.717) is 36.5 Å². The molecule has 1 fully saturated rings. The number of aryl methyl sites for hydroxylation is 1. The summed E-state index contributed by atoms with van der Waals surface area (Å²) >= 11 is 0. The number of nitrogens with zero attached hydrogens (tertiary/aromatic N) is 5. The number of rotatable bonds is 18. The smallest absolute Gasteiger partial charge is 0.433 e. The van der Waals surface area contributed by atoms with Crippen LogP contribution in [-0.4, -0.2) is 128 Å². The number of Topliss-reactive ketones (excluding diaryl/α,β-unsaturated/α-hetero) is 9. The highest BCUT2D eigenvalue weighted by Crippen LogP contribution is 2.38. The second-order valence-corrected chi connectivity index (χ2v) is 46.8. The first-order valence-corrected chi connectivity index (χ1v) is 49.3. The SMILES string of the molecule is CC(C)(C)C(=O)/C=C/C1=CCc2ccccc21.CC(C)(C)C(=O)C(=O)C1=CCc2ccccc21.CC(C)(C)C(=O)CCC1=CCc2ccccc21.CC(C)(C)C(=O)CCCC1=CCc2ccccc21.CC(C)(C)C(=O)c1ccc([N+](=O)[O-])o1.CC(C)(C)C(=O)c1nc[nH]c1C(=O)O.CC(C)(C)C(=O)c1ncccc1O.CC(C)(C)OC(=O)N1CCCC1C(=O)C(C)(C)C.Cn1c(C(=O)C(C)(C)C)cc2ccccc21. The lowest BCUT2D eigenvalue weighted by molar-refractivity contribution is -0.402. The number of likely N-dealkylation sites (tertiary alicyclic amines) is 1. The van der Waals surface area contributed by atoms with E-state index >= 15 is 0 Å². The van der Waals surface area contributed by atoms with Gasteiger partial charge < -0.3 is 28.9 Å². The molecule has 1 unspecified atom stereocenters. The van der Waals surface area contributed by atoms with Crippen LogP contribution < -0.4 is 0 Å². The summed E-state index contributed by atoms with van der Waals surface area (Å²) in [5, 5.41) is 29.5. The summed E-state index contributed by atoms with van der Waals surface area (Å²) in [6.45, 7) is 56.5. The molecule has 3 N–H and O–H groups in total. The van der Waals surface area contributed by atoms with Crippen molar-refractivity contribution in [2.45, 2.75) is 290 Å². The number of nitro groups is 1. The van der Waals surface area contributed by atoms with E-state index in [2.05, 4.69) is 99.9 Å². The predicted molar refractivity (Wildman–Crippen MR) is 573 cm³/mol. The molecule has 772 valence electrons. The standard InChI is InChI=1S/C17H22O.C16H20O.C16H18O.C15H16O2.C14H25NO3.C14H17NO.C10H13NO2.C9H12N2O3.C9H11NO4/c1-17(2,3)16(18)10-6-8-14-12-11-13-7-4-5-9-15(13)14;2*1-16(2,3)15(17)11-10-13-9-8-12-6-4-5-7-14(12)13;1-15(2,3)14(17)13(16)12-9-8-10-6-4-5-7-11(10)12;1-13(2,3)11(16)10-8-7-9-15(10)12(17)18-14(4,5)6;1-14(2,3)13(16)12-9-10-7-5-6-8-11(10)15(12)4;1-10(2,3)9(13)8-7(12)5-4-6-11-8;1-9(2,3)7(12)5-6(8(13)14)11-4-10-5;1-9(2,3)8(11)6-4-5-7(14-6)10(12)13/h4-5,7,9,12H,6,8,10-11H2,1-3H3;4-7,9H,8,10-11H2,1-3H3;4-7,9-11H,8H2,1-3H3;4-7,9H,8H2,1-3H3;10H,7-9H2,1-6H3;5-9H,1-4H3;4-6,12H,1-3H3;4H,1-3H3,(H,10,11)(H,13,14);4-5H,1-3H3/b;;11-10+;;;;;;. The summed E-state index contributed by atoms with van der Waals surface area (Å²) in [5.74, 6) is -1.76. The van der Waals surface area contributed by atoms with Gasteiger partial charge in [0.2, 0.25) is 17.3 Å². The molecule has 24 heteroatoms. The van der Waals surface area contributed by atoms with Crippen molar-refractivity contribution in [3.05, 3.63) is 284 Å². The molecule has 5 aliphatic rings. The highest BCUT2D eigenvalue weighted by atomic mass is 16.6. The number of fused-ring (bicyclic) bond motifs is 5. The van der Waals surface area contributed by atoms with E-state index in [-0.39, 0.29) is 109 Å². The first-order valence-electron chi connectivity index (χ1n) is 49.3. The lowest BCUT2D eigenvalue weighted by Crippen LogP contribution is -2.46. The summed E-state index contributed by atoms with van der Waals surface area (Å²) in [6.07, 6.45) is 24.2. The number of imidazole rings is 1. The molecule has 144 heavy (non-hydrogen) atoms. The number of carboxylic acid groups (broad SMARTS) is 1. The number of ketones is 10. The van der Waals surface area contributed by atoms with Gasteiger partial charge in [0, 0.05) is 97.8 Å². The van der Waals surface area contributed by atoms with Crippen LogP contribution in [-0.2, 0) is 66.2 Å². The Morgan fingerprint density at radius 3 is 1.43 bits per heavy atom. The third kappa shape index (κ3) is 35.0. The summed E-state index contributed by atoms with van der Waals surface area (Å²) in [5.41, 5.74) is 12.3. The molecule has 0 radical (unpaired) electrons. The van der Waals surface area contributed by atoms with Crippen LogP contribution in [0, 0.1) is 58.8 Å². The number of allylic oxidation sites excluding steroid dienone is 10. The van der Waals surface area contributed by atoms with Crippen molar-refractivity contribution in [3.63, 3.8) is 0 Å². The van der Waals surface area contributed by atoms with Gasteiger partial charge in [-0.15, -0.1) is 0 Å². The van der Waals surface area contributed by atoms with Crippen molar-refractivity contribution in [3.8, 4) is 5.75 Å². The Kier molecular flexibility index (Phi) is 41.2. The fraction of sp³-hybridized carbons (Fsp3) is 0.450. The number of aromatic carboxylic acids is 1. The number of aromatic hydroxyl groups is 1. The van der Waals surface area contributed by atoms with Crippen molar-refractivity contribution in [2.24, 2.45) is 55.8 Å². The maximum absolute atomic E-state index is 12.3. The number of ether oxygens (including phenoxy) is 1. The Morgan fingerprint density at radius 2 is 0.958 bits per heavy atom. The fourth-order valence-electron chi connectivity index (χ4n) is 15.3. The number of furan rings is 1. The predicted octanol–water partition coefficient (Wildman–Crippen LogP) is 27.2. The van der Waals surface area contributed by atoms with Crippen molar-refractivity contribution in [1.29, 1.82) is 0 Å². The molecule has 9 aromatic rings. The molecule has 0 spiro atoms. The largest absolute Gasteiger partial charge is 0.506 e. The summed E-state index contributed by atoms with van der Waals surface area (Å²) < 4.78 is 12.1. The number of amides is 1. The molecule has 1 amide bonds. The minimum absolute atomic E-state index is 0.00926. The maximum Gasteiger partial charge on any atom is 0.433 e. The van der Waals surface area contributed by atoms with Crippen LogP contribution in [0.1, 0.15) is 350 Å². The van der Waals surface area contributed by atoms with Crippen molar-refractivity contribution >= 4 is 109 Å². The molecular formula is C120H154N6O18. The number of para-hydroxylation sites is 1. The van der Waals surface area contributed by atoms with Gasteiger partial charge in [-0.25, -0.2) is 19.6 Å². The lowest BCUT2D eigenvalue weighted by Gasteiger charge is -2.31. The third-order valence-corrected chi connectivity index (χ3v) is 23.9. The third-order valence-electron chi connectivity index (χ3n) is 23.9. The molecule has 1 saturated heterocycles. The lowest BCUT2D eigenvalue weighted by atomic mass is 9.85. The van der Waals surface area contributed by atoms with Crippen molar-refractivity contribution in [1.82, 2.24) is 24.4 Å². The van der Waals surface area contributed by atoms with Gasteiger partial charge >= 0.3 is 17.9 Å². The monoisotopic (exact) mass is 1970 g/mol. The second kappa shape index (κ2) is 49.7. The number of hydrogen-bond donors (Lipinski definition) is 3. The molecule has 4 aliphatic carbocycles. The number of nitrogens with one attached hydrogen (secondary N) is 1. The van der Waals surface area contributed by atoms with Gasteiger partial charge in [0.1, 0.15) is 39.2 Å². The van der Waals surface area contributed by atoms with Gasteiger partial charge in [0.05, 0.1) is 24.1 Å². The topological polar surface area (TPSA) is 361 Å². The maximum atomic E-state index is 12.3. The van der Waals surface area contributed by atoms with Crippen molar-refractivity contribution < 1.29 is 81.8 Å². The number of hydrogen-bond acceptors (Lipinski definition) is 19. The molecule has 14 rings (SSSR count). The van der Waals surface area contributed by atoms with E-state index in [1.807, 2.05) is 209 Å². The van der Waals surface area contributed by atoms with E-state index in [4.69, 9.17) is 14.3 Å². The van der Waals surface area contributed by atoms with Gasteiger partial charge in [-0.1, -0.05) is 333 Å². The average molecular weight is 1970 g/mol. The van der Waals surface area contributed by atoms with E-state index in [0.717, 1.165) is 85.5 Å². The Morgan fingerprint density at radius 1 is 0.493 bits per heavy atom. The highest BCUT2D eigenvalue weighted by Gasteiger charge is 2.42. The normalized spacial score (nSPS) is 14.1. The highest BCUT2D eigenvalue weighted by molar-refractivity contribution is 6.55. The van der Waals surface area contributed by atoms with Crippen molar-refractivity contribution in [2.75, 3.05) is 6.54 Å². The fourth-order valence-corrected chi connectivity index (χ4v) is 15.3. The molecule has 1 aliphatic heterocycles. The first-order chi connectivity index (χ1) is 66.4. The minimum Gasteiger partial charge on any atom is -0.506 e. The summed E-state index contributed by atoms with van der Waals surface area (Å²) in [7, 11) is 1.95. The van der Waals surface area contributed by atoms with Crippen LogP contribution in [0.15, 0.2) is 205 Å². The van der Waals surface area contributed by atoms with Gasteiger partial charge in [-0.2, -0.15) is 0 Å². The summed E-state index contributed by atoms with van der Waals surface area (Å²) in [4.78, 5) is 163. The van der Waals surface area contributed by atoms with Crippen LogP contribution in [0.2, 0.25) is 0 Å². The molecule has 24 nitrogen and oxygen atoms in total. The molecule has 5 aromatic carbocycles. The molecular weight excluding hydrogens is 1810 g/mol. The average Bonchev–Trinajstić information content (AvgIpc) is 1.63. The van der Waals surface area contributed by atoms with Crippen LogP contribution >= 0.6 is 0 Å². The van der Waals surface area contributed by atoms with Gasteiger partial charge in [-0.3, -0.25) is 63.0 Å². The number of benzene rings is 5. The number of H-pyrrole nitrogens is 1. The number of aromatic nitrogens is 4. The van der Waals surface area contributed by atoms with E-state index in [1.165, 1.54) is 80.8 Å². The van der Waals surface area contributed by atoms with Crippen LogP contribution in [0.25, 0.3) is 33.2 Å². The Bertz CT molecular complexity index is 6310. The molecule has 0 saturated carbocycles. The van der Waals surface area contributed by atoms with E-state index < -0.39 is 49.5 Å². The number of carboxylic acids is 1. The van der Waals surface area contributed by atoms with Gasteiger partial charge in [-0.05, 0) is 176 Å². The first kappa shape index (κ1) is 119. The minimum atomic E-state index is -1.17. The van der Waals surface area contributed by atoms with Crippen LogP contribution in [0.4, 0.5) is 10.7 Å².